The molecule has 98 valence electrons. The number of rotatable bonds is 7. The third-order valence-corrected chi connectivity index (χ3v) is 2.71. The Hall–Kier alpha value is -1.42. The van der Waals surface area contributed by atoms with Crippen LogP contribution >= 0.6 is 12.2 Å². The van der Waals surface area contributed by atoms with Gasteiger partial charge >= 0.3 is 0 Å². The van der Waals surface area contributed by atoms with E-state index in [1.54, 1.807) is 0 Å². The zero-order valence-electron chi connectivity index (χ0n) is 10.6. The summed E-state index contributed by atoms with van der Waals surface area (Å²) >= 11 is 5.00. The summed E-state index contributed by atoms with van der Waals surface area (Å²) in [5, 5.41) is 3.49. The van der Waals surface area contributed by atoms with Crippen molar-refractivity contribution in [1.29, 1.82) is 0 Å². The zero-order chi connectivity index (χ0) is 13.2. The maximum atomic E-state index is 11.6. The Labute approximate surface area is 114 Å². The minimum absolute atomic E-state index is 0.0449. The zero-order valence-corrected chi connectivity index (χ0v) is 11.5. The summed E-state index contributed by atoms with van der Waals surface area (Å²) in [5.74, 6) is 0.0449. The predicted molar refractivity (Wildman–Crippen MR) is 76.6 cm³/mol. The number of nitrogens with one attached hydrogen (secondary N) is 1. The molecule has 0 fully saturated rings. The average Bonchev–Trinajstić information content (AvgIpc) is 2.36. The lowest BCUT2D eigenvalue weighted by atomic mass is 10.1. The number of carbonyl (C=O) groups is 1. The minimum atomic E-state index is 0.0449. The molecule has 0 spiro atoms. The molecule has 0 saturated carbocycles. The van der Waals surface area contributed by atoms with Crippen LogP contribution in [0.3, 0.4) is 0 Å². The highest BCUT2D eigenvalue weighted by atomic mass is 32.1. The summed E-state index contributed by atoms with van der Waals surface area (Å²) in [6.45, 7) is 3.16. The first kappa shape index (κ1) is 14.6. The van der Waals surface area contributed by atoms with Crippen LogP contribution in [0.25, 0.3) is 0 Å². The maximum Gasteiger partial charge on any atom is 0.224 e. The van der Waals surface area contributed by atoms with E-state index in [-0.39, 0.29) is 5.91 Å². The molecule has 1 rings (SSSR count). The van der Waals surface area contributed by atoms with E-state index in [1.165, 1.54) is 0 Å². The highest BCUT2D eigenvalue weighted by Gasteiger charge is 2.02. The van der Waals surface area contributed by atoms with Crippen LogP contribution in [0.15, 0.2) is 30.3 Å². The van der Waals surface area contributed by atoms with Crippen LogP contribution in [0.2, 0.25) is 0 Å². The van der Waals surface area contributed by atoms with E-state index >= 15 is 0 Å². The molecule has 4 heteroatoms. The average molecular weight is 265 g/mol. The lowest BCUT2D eigenvalue weighted by molar-refractivity contribution is -0.120. The van der Waals surface area contributed by atoms with Gasteiger partial charge < -0.3 is 10.1 Å². The van der Waals surface area contributed by atoms with Crippen molar-refractivity contribution in [2.75, 3.05) is 13.2 Å². The summed E-state index contributed by atoms with van der Waals surface area (Å²) in [5.41, 5.74) is 1.03. The van der Waals surface area contributed by atoms with Gasteiger partial charge in [0.2, 0.25) is 5.91 Å². The Balaban J connectivity index is 2.12. The van der Waals surface area contributed by atoms with Gasteiger partial charge in [-0.15, -0.1) is 0 Å². The molecular formula is C14H19NO2S. The Morgan fingerprint density at radius 2 is 2.06 bits per heavy atom. The van der Waals surface area contributed by atoms with Crippen LogP contribution < -0.4 is 5.32 Å². The molecule has 0 aliphatic rings. The second-order valence-electron chi connectivity index (χ2n) is 3.92. The van der Waals surface area contributed by atoms with Gasteiger partial charge in [0.15, 0.2) is 5.05 Å². The molecule has 1 aromatic carbocycles. The van der Waals surface area contributed by atoms with Gasteiger partial charge in [0.1, 0.15) is 0 Å². The Bertz CT molecular complexity index is 379. The summed E-state index contributed by atoms with van der Waals surface area (Å²) < 4.78 is 5.16. The molecule has 0 saturated heterocycles. The normalized spacial score (nSPS) is 9.83. The first-order valence-electron chi connectivity index (χ1n) is 6.18. The molecule has 18 heavy (non-hydrogen) atoms. The molecule has 0 aromatic heterocycles. The molecule has 3 nitrogen and oxygen atoms in total. The Morgan fingerprint density at radius 3 is 2.72 bits per heavy atom. The van der Waals surface area contributed by atoms with Crippen molar-refractivity contribution < 1.29 is 9.53 Å². The molecular weight excluding hydrogens is 246 g/mol. The van der Waals surface area contributed by atoms with Gasteiger partial charge in [0.05, 0.1) is 13.0 Å². The standard InChI is InChI=1S/C14H19NO2S/c1-2-17-14(18)9-6-10-15-13(16)11-12-7-4-3-5-8-12/h3-5,7-8H,2,6,9-11H2,1H3,(H,15,16). The van der Waals surface area contributed by atoms with Gasteiger partial charge in [0.25, 0.3) is 0 Å². The molecule has 0 atom stereocenters. The van der Waals surface area contributed by atoms with E-state index in [0.29, 0.717) is 24.6 Å². The fourth-order valence-corrected chi connectivity index (χ4v) is 1.80. The van der Waals surface area contributed by atoms with Crippen molar-refractivity contribution >= 4 is 23.2 Å². The summed E-state index contributed by atoms with van der Waals surface area (Å²) in [4.78, 5) is 11.6. The number of amides is 1. The van der Waals surface area contributed by atoms with Crippen molar-refractivity contribution in [1.82, 2.24) is 5.32 Å². The van der Waals surface area contributed by atoms with Crippen LogP contribution in [0.1, 0.15) is 25.3 Å². The topological polar surface area (TPSA) is 38.3 Å². The summed E-state index contributed by atoms with van der Waals surface area (Å²) in [6, 6.07) is 9.70. The lowest BCUT2D eigenvalue weighted by Crippen LogP contribution is -2.26. The van der Waals surface area contributed by atoms with Crippen LogP contribution in [0.5, 0.6) is 0 Å². The van der Waals surface area contributed by atoms with Crippen LogP contribution in [-0.2, 0) is 16.0 Å². The van der Waals surface area contributed by atoms with E-state index in [1.807, 2.05) is 37.3 Å². The first-order valence-corrected chi connectivity index (χ1v) is 6.59. The number of hydrogen-bond donors (Lipinski definition) is 1. The predicted octanol–water partition coefficient (Wildman–Crippen LogP) is 2.49. The van der Waals surface area contributed by atoms with Gasteiger partial charge in [-0.25, -0.2) is 0 Å². The van der Waals surface area contributed by atoms with E-state index in [2.05, 4.69) is 5.32 Å². The molecule has 1 amide bonds. The Morgan fingerprint density at radius 1 is 1.33 bits per heavy atom. The lowest BCUT2D eigenvalue weighted by Gasteiger charge is -2.06. The quantitative estimate of drug-likeness (QED) is 0.608. The van der Waals surface area contributed by atoms with Crippen molar-refractivity contribution in [3.05, 3.63) is 35.9 Å². The SMILES string of the molecule is CCOC(=S)CCCNC(=O)Cc1ccccc1. The summed E-state index contributed by atoms with van der Waals surface area (Å²) in [7, 11) is 0. The van der Waals surface area contributed by atoms with Crippen molar-refractivity contribution in [2.24, 2.45) is 0 Å². The van der Waals surface area contributed by atoms with E-state index in [4.69, 9.17) is 17.0 Å². The number of benzene rings is 1. The van der Waals surface area contributed by atoms with Gasteiger partial charge in [-0.3, -0.25) is 4.79 Å². The molecule has 0 unspecified atom stereocenters. The minimum Gasteiger partial charge on any atom is -0.487 e. The number of hydrogen-bond acceptors (Lipinski definition) is 3. The smallest absolute Gasteiger partial charge is 0.224 e. The maximum absolute atomic E-state index is 11.6. The number of thiocarbonyl (C=S) groups is 1. The monoisotopic (exact) mass is 265 g/mol. The third kappa shape index (κ3) is 6.35. The van der Waals surface area contributed by atoms with Crippen LogP contribution in [-0.4, -0.2) is 24.1 Å². The second-order valence-corrected chi connectivity index (χ2v) is 4.38. The molecule has 1 N–H and O–H groups in total. The van der Waals surface area contributed by atoms with Crippen molar-refractivity contribution in [2.45, 2.75) is 26.2 Å². The number of ether oxygens (including phenoxy) is 1. The Kier molecular flexibility index (Phi) is 7.03. The van der Waals surface area contributed by atoms with Gasteiger partial charge in [-0.1, -0.05) is 30.3 Å². The summed E-state index contributed by atoms with van der Waals surface area (Å²) in [6.07, 6.45) is 1.96. The highest BCUT2D eigenvalue weighted by molar-refractivity contribution is 7.80. The molecule has 0 aliphatic carbocycles. The van der Waals surface area contributed by atoms with Gasteiger partial charge in [-0.2, -0.15) is 0 Å². The first-order chi connectivity index (χ1) is 8.72. The highest BCUT2D eigenvalue weighted by Crippen LogP contribution is 1.99. The van der Waals surface area contributed by atoms with Gasteiger partial charge in [-0.05, 0) is 31.1 Å². The third-order valence-electron chi connectivity index (χ3n) is 2.39. The fourth-order valence-electron chi connectivity index (χ4n) is 1.54. The van der Waals surface area contributed by atoms with Gasteiger partial charge in [0, 0.05) is 13.0 Å². The molecule has 0 radical (unpaired) electrons. The van der Waals surface area contributed by atoms with E-state index in [9.17, 15) is 4.79 Å². The van der Waals surface area contributed by atoms with Crippen molar-refractivity contribution in [3.63, 3.8) is 0 Å². The molecule has 0 aliphatic heterocycles. The fraction of sp³-hybridized carbons (Fsp3) is 0.429. The number of carbonyl (C=O) groups excluding carboxylic acids is 1. The van der Waals surface area contributed by atoms with Crippen molar-refractivity contribution in [3.8, 4) is 0 Å². The van der Waals surface area contributed by atoms with E-state index in [0.717, 1.165) is 18.4 Å². The molecule has 1 aromatic rings. The molecule has 0 bridgehead atoms. The molecule has 0 heterocycles. The van der Waals surface area contributed by atoms with E-state index < -0.39 is 0 Å². The second kappa shape index (κ2) is 8.64. The van der Waals surface area contributed by atoms with Crippen LogP contribution in [0, 0.1) is 0 Å². The largest absolute Gasteiger partial charge is 0.487 e. The van der Waals surface area contributed by atoms with Crippen LogP contribution in [0.4, 0.5) is 0 Å².